The molecule has 41 amide bonds. The van der Waals surface area contributed by atoms with Crippen molar-refractivity contribution in [3.8, 4) is 0 Å². The first kappa shape index (κ1) is 163. The number of Topliss-reactive ketones (excluding diaryl/α,β-unsaturated/α-hetero) is 2. The Morgan fingerprint density at radius 3 is 0.748 bits per heavy atom. The zero-order chi connectivity index (χ0) is 114. The Balaban J connectivity index is -0.0000000699. The Morgan fingerprint density at radius 1 is 0.360 bits per heavy atom. The Morgan fingerprint density at radius 2 is 0.612 bits per heavy atom. The van der Waals surface area contributed by atoms with E-state index in [9.17, 15) is 139 Å². The van der Waals surface area contributed by atoms with E-state index in [1.165, 1.54) is 61.6 Å². The van der Waals surface area contributed by atoms with Crippen LogP contribution in [0.15, 0.2) is 73.5 Å². The second-order valence-corrected chi connectivity index (χ2v) is 23.3. The number of nitrogens with zero attached hydrogens (tertiary/aromatic N) is 4. The molecule has 0 heterocycles. The number of unbranched alkanes of at least 4 members (excludes halogenated alkanes) is 1. The smallest absolute Gasteiger partial charge is 0.324 e. The standard InChI is InChI=1S/C7H7NO.C6H13N3O2.C6H12N2O2.C5H11N3O2.C5H10N2O2.2C4H9N3O2.C4H8N2O2.C4H6N2O2.C4H7NO2.C4H5NO.C3H7N3O2.C3H8N2O.C3H5NO2.C3H7NO.C3H5NO.C2H5N3O2.C2H4O.CH3NO/c8-7(9)6-4-2-1-3-5-6;1-8(2)5(10)7-6(11)9(3)4;7-5(9)3-1-2-4-6(8)10;1-6-4(9)7-5(10)8(2)3;6-4(8)2-1-3-5(7)9;1-7(2)4(9)6-3(5)8;1-2-6-4(9)7-3(5)8;2*5-3(7)1-2-4(6)8;1-3(6)2-4(5)7;1-2-3-4(5)6;1-5-3(8)6-2(4)7;1-4-3(6)5-2;1-2(5)3(4)6;2*1-2-3(4)5;3-1(6)5-2(4)7;1-2-3;2-1-3/h1-5H,(H2,8,9);1-4H3,(H,7,10,11);1-4H2,(H2,7,9)(H2,8,10);1-3H3,(H2,6,7,9,10);1-3H2,(H2,6,8)(H2,7,9);1-2H3,(H3,5,6,8,9);2H2,1H3,(H4,5,6,7,8,9);1-2H2,(H2,5,7)(H2,6,8);1-2H,(H2,5,7)(H2,6,8);2H2,1H3,(H2,5,7);3H,1H2,(H2,5,6);1H3,(H4,4,5,6,7,8);1-2H3,(H2,4,5,6);1H3,(H2,4,6);2H2,1H3,(H2,4,5);2H,1H2,(H2,4,5);(H5,3,4,5,6,7);2H,1H3;1H,(H2,2,3)/b;;;;;;;;2-1-;;;;;;;;;;. The van der Waals surface area contributed by atoms with E-state index in [-0.39, 0.29) is 74.0 Å². The number of primary amides is 20. The highest BCUT2D eigenvalue weighted by Crippen LogP contribution is 1.98. The summed E-state index contributed by atoms with van der Waals surface area (Å²) in [6.45, 7) is 14.0. The number of ketones is 2. The van der Waals surface area contributed by atoms with Gasteiger partial charge in [-0.25, -0.2) is 62.3 Å². The van der Waals surface area contributed by atoms with E-state index in [2.05, 4.69) is 131 Å². The summed E-state index contributed by atoms with van der Waals surface area (Å²) in [5, 5.41) is 22.7. The van der Waals surface area contributed by atoms with Gasteiger partial charge in [0.1, 0.15) is 12.1 Å². The first-order valence-electron chi connectivity index (χ1n) is 37.4. The van der Waals surface area contributed by atoms with Gasteiger partial charge in [-0.3, -0.25) is 113 Å². The molecule has 139 heavy (non-hydrogen) atoms. The Labute approximate surface area is 799 Å². The molecule has 0 spiro atoms. The van der Waals surface area contributed by atoms with E-state index in [1.807, 2.05) is 16.7 Å². The van der Waals surface area contributed by atoms with E-state index in [1.54, 1.807) is 105 Å². The van der Waals surface area contributed by atoms with Crippen LogP contribution in [0.5, 0.6) is 0 Å². The lowest BCUT2D eigenvalue weighted by Crippen LogP contribution is -2.43. The number of rotatable bonds is 22. The molecule has 0 aliphatic carbocycles. The van der Waals surface area contributed by atoms with Crippen LogP contribution < -0.4 is 173 Å². The fraction of sp³-hybridized carbons (Fsp3) is 0.397. The highest BCUT2D eigenvalue weighted by Gasteiger charge is 2.11. The lowest BCUT2D eigenvalue weighted by atomic mass is 10.2. The summed E-state index contributed by atoms with van der Waals surface area (Å²) in [6.07, 6.45) is 8.27. The van der Waals surface area contributed by atoms with Crippen molar-refractivity contribution >= 4 is 185 Å². The van der Waals surface area contributed by atoms with Crippen LogP contribution >= 0.6 is 0 Å². The van der Waals surface area contributed by atoms with Crippen LogP contribution in [0.1, 0.15) is 116 Å². The van der Waals surface area contributed by atoms with Gasteiger partial charge in [-0.1, -0.05) is 38.3 Å². The van der Waals surface area contributed by atoms with Crippen molar-refractivity contribution in [3.63, 3.8) is 0 Å². The van der Waals surface area contributed by atoms with Gasteiger partial charge in [0.05, 0.1) is 6.42 Å². The Kier molecular flexibility index (Phi) is 140. The van der Waals surface area contributed by atoms with Crippen molar-refractivity contribution < 1.29 is 149 Å². The molecule has 0 aliphatic rings. The monoisotopic (exact) mass is 2000 g/mol. The normalized spacial score (nSPS) is 7.98. The van der Waals surface area contributed by atoms with Crippen LogP contribution in [0.4, 0.5) is 62.3 Å². The van der Waals surface area contributed by atoms with Crippen molar-refractivity contribution in [3.05, 3.63) is 79.1 Å². The van der Waals surface area contributed by atoms with E-state index in [0.29, 0.717) is 50.6 Å². The van der Waals surface area contributed by atoms with E-state index in [0.717, 1.165) is 37.5 Å². The van der Waals surface area contributed by atoms with Gasteiger partial charge in [0.25, 0.3) is 5.91 Å². The molecular weight excluding hydrogens is 1860 g/mol. The molecule has 0 radical (unpaired) electrons. The van der Waals surface area contributed by atoms with Gasteiger partial charge in [-0.15, -0.1) is 5.73 Å². The van der Waals surface area contributed by atoms with Crippen LogP contribution in [0.2, 0.25) is 0 Å². The molecule has 0 atom stereocenters. The van der Waals surface area contributed by atoms with Gasteiger partial charge in [-0.05, 0) is 58.2 Å². The molecule has 0 aromatic heterocycles. The lowest BCUT2D eigenvalue weighted by molar-refractivity contribution is -0.134. The Hall–Kier alpha value is -19.0. The molecule has 51 N–H and O–H groups in total. The second-order valence-electron chi connectivity index (χ2n) is 23.3. The molecule has 1 rings (SSSR count). The average molecular weight is 2010 g/mol. The van der Waals surface area contributed by atoms with Gasteiger partial charge in [0.15, 0.2) is 0 Å². The number of hydrogen-bond donors (Lipinski definition) is 31. The molecule has 0 saturated heterocycles. The first-order chi connectivity index (χ1) is 63.5. The third kappa shape index (κ3) is 242. The molecule has 794 valence electrons. The van der Waals surface area contributed by atoms with Crippen molar-refractivity contribution in [2.24, 2.45) is 115 Å². The molecule has 0 saturated carbocycles. The largest absolute Gasteiger partial charge is 0.372 e. The second kappa shape index (κ2) is 119. The number of nitrogens with two attached hydrogens (primary N) is 20. The summed E-state index contributed by atoms with van der Waals surface area (Å²) in [5.74, 6) is -7.64. The van der Waals surface area contributed by atoms with Gasteiger partial charge >= 0.3 is 78.4 Å². The van der Waals surface area contributed by atoms with E-state index < -0.39 is 137 Å². The number of hydrogen-bond acceptors (Lipinski definition) is 31. The summed E-state index contributed by atoms with van der Waals surface area (Å²) in [6, 6.07) is 0.751. The number of benzene rings is 1. The third-order valence-corrected chi connectivity index (χ3v) is 9.85. The summed E-state index contributed by atoms with van der Waals surface area (Å²) < 4.78 is 0. The maximum absolute atomic E-state index is 10.8. The minimum atomic E-state index is -0.938. The fourth-order valence-electron chi connectivity index (χ4n) is 3.94. The SMILES string of the molecule is C=C=CC(N)=O.C=CC(N)=O.CC(=O)C(N)=O.CC(=O)CC(N)=O.CC=O.CCC(N)=O.CCNC(=O)NC(N)=O.CN(C)C(=O)NC(=O)N(C)C.CN(C)C(=O)NC(N)=O.CNC(=O)NC.CNC(=O)NC(=O)N(C)C.CNC(=O)NC(N)=O.NC(=O)/C=C\C(N)=O.NC(=O)CCC(N)=O.NC(=O)CCCC(N)=O.NC(=O)CCCCC(N)=O.NC(=O)NC(N)=O.NC(=O)c1ccccc1.NC=O. The predicted octanol–water partition coefficient (Wildman–Crippen LogP) is -10.6. The molecule has 0 fully saturated rings. The van der Waals surface area contributed by atoms with Gasteiger partial charge in [0.2, 0.25) is 89.0 Å². The number of amides is 41. The number of carbonyl (C=O) groups excluding carboxylic acids is 31. The number of urea groups is 13. The summed E-state index contributed by atoms with van der Waals surface area (Å²) >= 11 is 0. The summed E-state index contributed by atoms with van der Waals surface area (Å²) in [4.78, 5) is 313. The van der Waals surface area contributed by atoms with E-state index in [4.69, 9.17) is 49.7 Å². The average Bonchev–Trinajstić information content (AvgIpc) is 0.873. The molecule has 0 aliphatic heterocycles. The van der Waals surface area contributed by atoms with Crippen LogP contribution in [-0.2, 0) is 81.5 Å². The van der Waals surface area contributed by atoms with Crippen LogP contribution in [-0.4, -0.2) is 296 Å². The third-order valence-electron chi connectivity index (χ3n) is 9.85. The summed E-state index contributed by atoms with van der Waals surface area (Å²) in [7, 11) is 18.4. The molecular formula is C73H141N35O31. The minimum Gasteiger partial charge on any atom is -0.372 e. The van der Waals surface area contributed by atoms with Crippen molar-refractivity contribution in [2.45, 2.75) is 105 Å². The molecule has 0 bridgehead atoms. The maximum atomic E-state index is 10.8. The maximum Gasteiger partial charge on any atom is 0.324 e. The predicted molar refractivity (Wildman–Crippen MR) is 502 cm³/mol. The highest BCUT2D eigenvalue weighted by atomic mass is 16.2. The highest BCUT2D eigenvalue weighted by molar-refractivity contribution is 6.34. The number of nitrogens with one attached hydrogen (secondary N) is 11. The van der Waals surface area contributed by atoms with Gasteiger partial charge in [-0.2, -0.15) is 0 Å². The van der Waals surface area contributed by atoms with Crippen LogP contribution in [0.3, 0.4) is 0 Å². The zero-order valence-electron chi connectivity index (χ0n) is 80.2. The van der Waals surface area contributed by atoms with E-state index >= 15 is 0 Å². The lowest BCUT2D eigenvalue weighted by Gasteiger charge is -2.14. The van der Waals surface area contributed by atoms with Crippen molar-refractivity contribution in [1.82, 2.24) is 78.1 Å². The Bertz CT molecular complexity index is 3840. The molecule has 0 unspecified atom stereocenters. The first-order valence-corrected chi connectivity index (χ1v) is 37.4. The molecule has 1 aromatic rings. The van der Waals surface area contributed by atoms with Gasteiger partial charge < -0.3 is 166 Å². The number of carbonyl (C=O) groups is 31. The molecule has 1 aromatic carbocycles. The molecule has 66 heteroatoms. The van der Waals surface area contributed by atoms with Gasteiger partial charge in [0, 0.05) is 167 Å². The van der Waals surface area contributed by atoms with Crippen LogP contribution in [0, 0.1) is 0 Å². The zero-order valence-corrected chi connectivity index (χ0v) is 80.2. The quantitative estimate of drug-likeness (QED) is 0.0128. The van der Waals surface area contributed by atoms with Crippen LogP contribution in [0.25, 0.3) is 0 Å². The topological polar surface area (TPSA) is 1190 Å². The van der Waals surface area contributed by atoms with Crippen molar-refractivity contribution in [1.29, 1.82) is 0 Å². The van der Waals surface area contributed by atoms with Crippen molar-refractivity contribution in [2.75, 3.05) is 91.1 Å². The number of imide groups is 6. The summed E-state index contributed by atoms with van der Waals surface area (Å²) in [5.41, 5.74) is 95.4. The number of aldehydes is 1. The fourth-order valence-corrected chi connectivity index (χ4v) is 3.94. The molecule has 66 nitrogen and oxygen atoms in total. The minimum absolute atomic E-state index is 0.0509.